The molecule has 0 saturated heterocycles. The molecule has 9 nitrogen and oxygen atoms in total. The first-order chi connectivity index (χ1) is 13.9. The normalized spacial score (nSPS) is 10.6. The van der Waals surface area contributed by atoms with Crippen LogP contribution in [0.5, 0.6) is 10.9 Å². The summed E-state index contributed by atoms with van der Waals surface area (Å²) in [6.45, 7) is 3.47. The number of anilines is 1. The van der Waals surface area contributed by atoms with Crippen LogP contribution >= 0.6 is 11.3 Å². The fourth-order valence-electron chi connectivity index (χ4n) is 2.54. The summed E-state index contributed by atoms with van der Waals surface area (Å²) in [4.78, 5) is 29.2. The molecule has 2 aromatic heterocycles. The number of para-hydroxylation sites is 1. The van der Waals surface area contributed by atoms with E-state index in [9.17, 15) is 14.7 Å². The van der Waals surface area contributed by atoms with Crippen molar-refractivity contribution >= 4 is 28.3 Å². The number of hydrogen-bond donors (Lipinski definition) is 2. The highest BCUT2D eigenvalue weighted by Crippen LogP contribution is 2.33. The van der Waals surface area contributed by atoms with Gasteiger partial charge >= 0.3 is 5.97 Å². The molecule has 0 saturated carbocycles. The zero-order valence-electron chi connectivity index (χ0n) is 15.9. The van der Waals surface area contributed by atoms with E-state index in [0.29, 0.717) is 16.9 Å². The highest BCUT2D eigenvalue weighted by molar-refractivity contribution is 7.17. The number of pyridine rings is 1. The molecular weight excluding hydrogens is 396 g/mol. The monoisotopic (exact) mass is 414 g/mol. The number of amides is 1. The number of hydrogen-bond acceptors (Lipinski definition) is 9. The van der Waals surface area contributed by atoms with Gasteiger partial charge in [-0.1, -0.05) is 23.3 Å². The van der Waals surface area contributed by atoms with E-state index < -0.39 is 11.9 Å². The maximum atomic E-state index is 12.8. The van der Waals surface area contributed by atoms with Crippen LogP contribution in [0, 0.1) is 0 Å². The predicted molar refractivity (Wildman–Crippen MR) is 106 cm³/mol. The molecule has 3 rings (SSSR count). The number of aromatic nitrogens is 3. The van der Waals surface area contributed by atoms with E-state index in [0.717, 1.165) is 11.3 Å². The van der Waals surface area contributed by atoms with Crippen molar-refractivity contribution in [3.8, 4) is 22.1 Å². The molecule has 10 heteroatoms. The highest BCUT2D eigenvalue weighted by Gasteiger charge is 2.21. The molecule has 2 N–H and O–H groups in total. The van der Waals surface area contributed by atoms with Gasteiger partial charge in [0.25, 0.3) is 11.1 Å². The van der Waals surface area contributed by atoms with E-state index in [1.165, 1.54) is 19.4 Å². The number of methoxy groups -OCH3 is 1. The van der Waals surface area contributed by atoms with E-state index in [-0.39, 0.29) is 27.7 Å². The zero-order chi connectivity index (χ0) is 21.0. The zero-order valence-corrected chi connectivity index (χ0v) is 16.7. The second-order valence-electron chi connectivity index (χ2n) is 6.11. The summed E-state index contributed by atoms with van der Waals surface area (Å²) in [6, 6.07) is 8.57. The van der Waals surface area contributed by atoms with Crippen LogP contribution in [0.1, 0.15) is 34.7 Å². The minimum absolute atomic E-state index is 0.0599. The van der Waals surface area contributed by atoms with Crippen LogP contribution in [0.25, 0.3) is 11.1 Å². The van der Waals surface area contributed by atoms with Crippen molar-refractivity contribution in [1.82, 2.24) is 15.2 Å². The Kier molecular flexibility index (Phi) is 6.03. The molecule has 29 heavy (non-hydrogen) atoms. The van der Waals surface area contributed by atoms with Gasteiger partial charge in [0, 0.05) is 17.3 Å². The minimum atomic E-state index is -0.600. The first-order valence-electron chi connectivity index (χ1n) is 8.57. The fourth-order valence-corrected chi connectivity index (χ4v) is 3.02. The molecule has 0 spiro atoms. The summed E-state index contributed by atoms with van der Waals surface area (Å²) in [5, 5.41) is 18.8. The molecule has 0 aliphatic carbocycles. The molecule has 0 aliphatic heterocycles. The summed E-state index contributed by atoms with van der Waals surface area (Å²) in [5.41, 5.74) is 1.27. The molecule has 2 heterocycles. The predicted octanol–water partition coefficient (Wildman–Crippen LogP) is 3.13. The van der Waals surface area contributed by atoms with E-state index >= 15 is 0 Å². The van der Waals surface area contributed by atoms with Gasteiger partial charge in [-0.3, -0.25) is 10.1 Å². The Hall–Kier alpha value is -3.53. The van der Waals surface area contributed by atoms with Crippen LogP contribution < -0.4 is 10.1 Å². The third-order valence-electron chi connectivity index (χ3n) is 3.73. The number of ether oxygens (including phenoxy) is 2. The Bertz CT molecular complexity index is 1050. The molecule has 0 radical (unpaired) electrons. The average molecular weight is 414 g/mol. The molecule has 0 atom stereocenters. The van der Waals surface area contributed by atoms with Gasteiger partial charge in [-0.15, -0.1) is 5.10 Å². The third-order valence-corrected chi connectivity index (χ3v) is 4.37. The van der Waals surface area contributed by atoms with Gasteiger partial charge in [0.1, 0.15) is 11.4 Å². The minimum Gasteiger partial charge on any atom is -0.496 e. The summed E-state index contributed by atoms with van der Waals surface area (Å²) < 4.78 is 10.6. The van der Waals surface area contributed by atoms with Gasteiger partial charge in [0.2, 0.25) is 5.13 Å². The molecule has 1 aromatic carbocycles. The second-order valence-corrected chi connectivity index (χ2v) is 7.07. The molecule has 0 bridgehead atoms. The summed E-state index contributed by atoms with van der Waals surface area (Å²) in [6.07, 6.45) is 0.974. The molecule has 0 unspecified atom stereocenters. The Morgan fingerprint density at radius 3 is 2.59 bits per heavy atom. The van der Waals surface area contributed by atoms with Gasteiger partial charge in [-0.05, 0) is 37.3 Å². The van der Waals surface area contributed by atoms with Gasteiger partial charge in [-0.25, -0.2) is 9.78 Å². The van der Waals surface area contributed by atoms with Gasteiger partial charge < -0.3 is 14.6 Å². The Balaban J connectivity index is 2.07. The maximum Gasteiger partial charge on any atom is 0.357 e. The largest absolute Gasteiger partial charge is 0.496 e. The van der Waals surface area contributed by atoms with E-state index in [1.807, 2.05) is 0 Å². The number of aromatic hydroxyl groups is 1. The van der Waals surface area contributed by atoms with Crippen LogP contribution in [-0.2, 0) is 4.74 Å². The summed E-state index contributed by atoms with van der Waals surface area (Å²) in [5.74, 6) is -0.611. The maximum absolute atomic E-state index is 12.8. The number of rotatable bonds is 6. The van der Waals surface area contributed by atoms with Crippen molar-refractivity contribution in [2.45, 2.75) is 20.0 Å². The van der Waals surface area contributed by atoms with Crippen molar-refractivity contribution in [3.63, 3.8) is 0 Å². The third kappa shape index (κ3) is 4.66. The van der Waals surface area contributed by atoms with Crippen molar-refractivity contribution in [2.75, 3.05) is 12.4 Å². The molecule has 0 aliphatic rings. The Labute approximate surface area is 170 Å². The molecular formula is C19H18N4O5S. The Morgan fingerprint density at radius 2 is 1.93 bits per heavy atom. The number of benzene rings is 1. The molecule has 1 amide bonds. The Morgan fingerprint density at radius 1 is 1.17 bits per heavy atom. The lowest BCUT2D eigenvalue weighted by Crippen LogP contribution is -2.17. The second kappa shape index (κ2) is 8.65. The number of carbonyl (C=O) groups excluding carboxylic acids is 2. The van der Waals surface area contributed by atoms with Crippen LogP contribution in [0.3, 0.4) is 0 Å². The first-order valence-corrected chi connectivity index (χ1v) is 9.39. The van der Waals surface area contributed by atoms with Crippen LogP contribution in [0.2, 0.25) is 0 Å². The van der Waals surface area contributed by atoms with Gasteiger partial charge in [0.05, 0.1) is 18.8 Å². The number of nitrogens with zero attached hydrogens (tertiary/aromatic N) is 3. The van der Waals surface area contributed by atoms with Crippen molar-refractivity contribution in [3.05, 3.63) is 47.8 Å². The smallest absolute Gasteiger partial charge is 0.357 e. The van der Waals surface area contributed by atoms with Crippen molar-refractivity contribution in [1.29, 1.82) is 0 Å². The summed E-state index contributed by atoms with van der Waals surface area (Å²) in [7, 11) is 1.51. The number of nitrogens with one attached hydrogen (secondary N) is 1. The van der Waals surface area contributed by atoms with Gasteiger partial charge in [-0.2, -0.15) is 0 Å². The standard InChI is InChI=1S/C19H18N4O5S/c1-10(2)28-17(25)14-8-12(11-6-4-5-7-15(11)27-3)13(9-20-14)16(24)21-18-22-23-19(26)29-18/h4-10H,1-3H3,(H,23,26)(H,21,22,24). The van der Waals surface area contributed by atoms with E-state index in [4.69, 9.17) is 9.47 Å². The SMILES string of the molecule is COc1ccccc1-c1cc(C(=O)OC(C)C)ncc1C(=O)Nc1nnc(O)s1. The lowest BCUT2D eigenvalue weighted by atomic mass is 9.99. The molecule has 0 fully saturated rings. The number of carbonyl (C=O) groups is 2. The van der Waals surface area contributed by atoms with Crippen LogP contribution in [0.15, 0.2) is 36.5 Å². The average Bonchev–Trinajstić information content (AvgIpc) is 3.11. The van der Waals surface area contributed by atoms with Crippen molar-refractivity contribution in [2.24, 2.45) is 0 Å². The first kappa shape index (κ1) is 20.2. The topological polar surface area (TPSA) is 124 Å². The van der Waals surface area contributed by atoms with E-state index in [1.54, 1.807) is 38.1 Å². The quantitative estimate of drug-likeness (QED) is 0.590. The number of esters is 1. The fraction of sp³-hybridized carbons (Fsp3) is 0.211. The highest BCUT2D eigenvalue weighted by atomic mass is 32.1. The van der Waals surface area contributed by atoms with Crippen LogP contribution in [-0.4, -0.2) is 45.4 Å². The van der Waals surface area contributed by atoms with Crippen molar-refractivity contribution < 1.29 is 24.2 Å². The molecule has 150 valence electrons. The lowest BCUT2D eigenvalue weighted by Gasteiger charge is -2.14. The van der Waals surface area contributed by atoms with Gasteiger partial charge in [0.15, 0.2) is 0 Å². The molecule has 3 aromatic rings. The van der Waals surface area contributed by atoms with E-state index in [2.05, 4.69) is 20.5 Å². The summed E-state index contributed by atoms with van der Waals surface area (Å²) >= 11 is 0.817. The van der Waals surface area contributed by atoms with Crippen LogP contribution in [0.4, 0.5) is 5.13 Å². The lowest BCUT2D eigenvalue weighted by molar-refractivity contribution is 0.0370.